The number of carbonyl (C=O) groups is 3. The SMILES string of the molecule is CC[C@H](C)NC(=O)[C@H](Cc1ccccc1)N(Cc1ccc(Br)cc1)C(=O)CN1C(=O)c2ccccc2S1(=O)=O. The molecule has 8 nitrogen and oxygen atoms in total. The van der Waals surface area contributed by atoms with Gasteiger partial charge in [0, 0.05) is 23.5 Å². The summed E-state index contributed by atoms with van der Waals surface area (Å²) < 4.78 is 27.8. The first kappa shape index (κ1) is 28.5. The fraction of sp³-hybridized carbons (Fsp3) is 0.276. The molecule has 10 heteroatoms. The molecule has 3 amide bonds. The van der Waals surface area contributed by atoms with E-state index in [0.29, 0.717) is 10.7 Å². The Labute approximate surface area is 237 Å². The van der Waals surface area contributed by atoms with Gasteiger partial charge in [-0.05, 0) is 48.7 Å². The van der Waals surface area contributed by atoms with Crippen LogP contribution in [0.3, 0.4) is 0 Å². The molecule has 3 aromatic rings. The van der Waals surface area contributed by atoms with Crippen LogP contribution in [-0.2, 0) is 32.6 Å². The van der Waals surface area contributed by atoms with Gasteiger partial charge in [-0.1, -0.05) is 77.5 Å². The summed E-state index contributed by atoms with van der Waals surface area (Å²) in [5, 5.41) is 2.97. The number of carbonyl (C=O) groups excluding carboxylic acids is 3. The van der Waals surface area contributed by atoms with E-state index in [-0.39, 0.29) is 35.4 Å². The lowest BCUT2D eigenvalue weighted by Gasteiger charge is -2.33. The van der Waals surface area contributed by atoms with Crippen LogP contribution in [0.4, 0.5) is 0 Å². The molecule has 1 N–H and O–H groups in total. The molecule has 0 fully saturated rings. The highest BCUT2D eigenvalue weighted by molar-refractivity contribution is 9.10. The Morgan fingerprint density at radius 3 is 2.23 bits per heavy atom. The van der Waals surface area contributed by atoms with Crippen LogP contribution in [0.15, 0.2) is 88.2 Å². The van der Waals surface area contributed by atoms with E-state index in [1.54, 1.807) is 6.07 Å². The average Bonchev–Trinajstić information content (AvgIpc) is 3.12. The molecule has 204 valence electrons. The molecule has 0 bridgehead atoms. The second kappa shape index (κ2) is 12.1. The van der Waals surface area contributed by atoms with Crippen molar-refractivity contribution in [2.45, 2.75) is 50.2 Å². The number of rotatable bonds is 10. The highest BCUT2D eigenvalue weighted by Gasteiger charge is 2.43. The Morgan fingerprint density at radius 1 is 0.949 bits per heavy atom. The van der Waals surface area contributed by atoms with Gasteiger partial charge in [-0.15, -0.1) is 0 Å². The number of fused-ring (bicyclic) bond motifs is 1. The molecule has 2 atom stereocenters. The Hall–Kier alpha value is -3.50. The Bertz CT molecular complexity index is 1460. The predicted molar refractivity (Wildman–Crippen MR) is 151 cm³/mol. The first-order valence-electron chi connectivity index (χ1n) is 12.7. The summed E-state index contributed by atoms with van der Waals surface area (Å²) in [5.74, 6) is -1.76. The Balaban J connectivity index is 1.71. The number of hydrogen-bond donors (Lipinski definition) is 1. The van der Waals surface area contributed by atoms with E-state index >= 15 is 0 Å². The van der Waals surface area contributed by atoms with Crippen molar-refractivity contribution in [2.75, 3.05) is 6.54 Å². The minimum atomic E-state index is -4.20. The minimum absolute atomic E-state index is 0.0279. The van der Waals surface area contributed by atoms with Crippen LogP contribution in [-0.4, -0.2) is 54.0 Å². The van der Waals surface area contributed by atoms with E-state index in [9.17, 15) is 22.8 Å². The predicted octanol–water partition coefficient (Wildman–Crippen LogP) is 4.15. The quantitative estimate of drug-likeness (QED) is 0.371. The lowest BCUT2D eigenvalue weighted by molar-refractivity contribution is -0.141. The lowest BCUT2D eigenvalue weighted by atomic mass is 10.0. The number of hydrogen-bond acceptors (Lipinski definition) is 5. The average molecular weight is 613 g/mol. The van der Waals surface area contributed by atoms with Crippen molar-refractivity contribution in [1.82, 2.24) is 14.5 Å². The van der Waals surface area contributed by atoms with Crippen molar-refractivity contribution < 1.29 is 22.8 Å². The molecule has 39 heavy (non-hydrogen) atoms. The molecule has 1 aliphatic heterocycles. The topological polar surface area (TPSA) is 104 Å². The maximum Gasteiger partial charge on any atom is 0.269 e. The number of benzene rings is 3. The third-order valence-electron chi connectivity index (χ3n) is 6.73. The molecule has 0 saturated heterocycles. The molecule has 0 spiro atoms. The van der Waals surface area contributed by atoms with Gasteiger partial charge in [-0.3, -0.25) is 14.4 Å². The zero-order valence-corrected chi connectivity index (χ0v) is 24.1. The van der Waals surface area contributed by atoms with Crippen molar-refractivity contribution in [3.05, 3.63) is 100 Å². The van der Waals surface area contributed by atoms with E-state index in [4.69, 9.17) is 0 Å². The summed E-state index contributed by atoms with van der Waals surface area (Å²) in [5.41, 5.74) is 1.62. The molecule has 0 saturated carbocycles. The smallest absolute Gasteiger partial charge is 0.269 e. The van der Waals surface area contributed by atoms with E-state index in [1.807, 2.05) is 68.4 Å². The molecule has 3 aromatic carbocycles. The molecular formula is C29H30BrN3O5S. The van der Waals surface area contributed by atoms with Crippen LogP contribution in [0.5, 0.6) is 0 Å². The summed E-state index contributed by atoms with van der Waals surface area (Å²) >= 11 is 3.41. The van der Waals surface area contributed by atoms with Gasteiger partial charge in [0.25, 0.3) is 15.9 Å². The van der Waals surface area contributed by atoms with Gasteiger partial charge in [-0.25, -0.2) is 12.7 Å². The third-order valence-corrected chi connectivity index (χ3v) is 9.04. The van der Waals surface area contributed by atoms with Crippen molar-refractivity contribution in [1.29, 1.82) is 0 Å². The summed E-state index contributed by atoms with van der Waals surface area (Å²) in [6.45, 7) is 3.16. The van der Waals surface area contributed by atoms with Crippen molar-refractivity contribution in [3.8, 4) is 0 Å². The molecule has 4 rings (SSSR count). The number of halogens is 1. The number of amides is 3. The number of sulfonamides is 1. The van der Waals surface area contributed by atoms with E-state index < -0.39 is 34.4 Å². The van der Waals surface area contributed by atoms with Crippen molar-refractivity contribution >= 4 is 43.7 Å². The van der Waals surface area contributed by atoms with Gasteiger partial charge in [0.1, 0.15) is 17.5 Å². The van der Waals surface area contributed by atoms with Gasteiger partial charge in [0.15, 0.2) is 0 Å². The lowest BCUT2D eigenvalue weighted by Crippen LogP contribution is -2.54. The first-order chi connectivity index (χ1) is 18.6. The first-order valence-corrected chi connectivity index (χ1v) is 14.9. The largest absolute Gasteiger partial charge is 0.352 e. The normalized spacial score (nSPS) is 15.4. The molecule has 0 aliphatic carbocycles. The minimum Gasteiger partial charge on any atom is -0.352 e. The molecule has 0 aromatic heterocycles. The molecule has 0 radical (unpaired) electrons. The monoisotopic (exact) mass is 611 g/mol. The van der Waals surface area contributed by atoms with Crippen molar-refractivity contribution in [2.24, 2.45) is 0 Å². The molecule has 0 unspecified atom stereocenters. The zero-order valence-electron chi connectivity index (χ0n) is 21.7. The van der Waals surface area contributed by atoms with Gasteiger partial charge in [0.2, 0.25) is 11.8 Å². The second-order valence-corrected chi connectivity index (χ2v) is 12.2. The molecule has 1 heterocycles. The fourth-order valence-electron chi connectivity index (χ4n) is 4.38. The highest BCUT2D eigenvalue weighted by atomic mass is 79.9. The van der Waals surface area contributed by atoms with E-state index in [2.05, 4.69) is 21.2 Å². The molecule has 1 aliphatic rings. The summed E-state index contributed by atoms with van der Waals surface area (Å²) in [7, 11) is -4.20. The van der Waals surface area contributed by atoms with Crippen LogP contribution in [0.25, 0.3) is 0 Å². The van der Waals surface area contributed by atoms with Crippen molar-refractivity contribution in [3.63, 3.8) is 0 Å². The Morgan fingerprint density at radius 2 is 1.59 bits per heavy atom. The van der Waals surface area contributed by atoms with Crippen LogP contribution >= 0.6 is 15.9 Å². The summed E-state index contributed by atoms with van der Waals surface area (Å²) in [6, 6.07) is 21.4. The fourth-order valence-corrected chi connectivity index (χ4v) is 6.17. The van der Waals surface area contributed by atoms with Gasteiger partial charge in [-0.2, -0.15) is 0 Å². The maximum absolute atomic E-state index is 13.9. The summed E-state index contributed by atoms with van der Waals surface area (Å²) in [6.07, 6.45) is 0.912. The van der Waals surface area contributed by atoms with E-state index in [0.717, 1.165) is 15.6 Å². The number of nitrogens with one attached hydrogen (secondary N) is 1. The van der Waals surface area contributed by atoms with Gasteiger partial charge in [0.05, 0.1) is 5.56 Å². The van der Waals surface area contributed by atoms with Gasteiger partial charge >= 0.3 is 0 Å². The zero-order chi connectivity index (χ0) is 28.2. The third kappa shape index (κ3) is 6.39. The van der Waals surface area contributed by atoms with E-state index in [1.165, 1.54) is 23.1 Å². The maximum atomic E-state index is 13.9. The van der Waals surface area contributed by atoms with Crippen LogP contribution in [0.2, 0.25) is 0 Å². The summed E-state index contributed by atoms with van der Waals surface area (Å²) in [4.78, 5) is 41.8. The van der Waals surface area contributed by atoms with Crippen LogP contribution < -0.4 is 5.32 Å². The van der Waals surface area contributed by atoms with Crippen LogP contribution in [0.1, 0.15) is 41.8 Å². The number of nitrogens with zero attached hydrogens (tertiary/aromatic N) is 2. The van der Waals surface area contributed by atoms with Gasteiger partial charge < -0.3 is 10.2 Å². The standard InChI is InChI=1S/C29H30BrN3O5S/c1-3-20(2)31-28(35)25(17-21-9-5-4-6-10-21)32(18-22-13-15-23(30)16-14-22)27(34)19-33-29(36)24-11-7-8-12-26(24)39(33,37)38/h4-16,20,25H,3,17-19H2,1-2H3,(H,31,35)/t20-,25-/m0/s1. The Kier molecular flexibility index (Phi) is 8.87. The highest BCUT2D eigenvalue weighted by Crippen LogP contribution is 2.30. The molecular weight excluding hydrogens is 582 g/mol. The second-order valence-electron chi connectivity index (χ2n) is 9.48. The van der Waals surface area contributed by atoms with Crippen LogP contribution in [0, 0.1) is 0 Å².